The molecule has 0 saturated heterocycles. The maximum Gasteiger partial charge on any atom is 0.160 e. The fourth-order valence-electron chi connectivity index (χ4n) is 10.9. The zero-order valence-corrected chi connectivity index (χ0v) is 40.4. The average molecular weight is 929 g/mol. The van der Waals surface area contributed by atoms with Gasteiger partial charge in [-0.15, -0.1) is 0 Å². The summed E-state index contributed by atoms with van der Waals surface area (Å²) in [7, 11) is 0. The lowest BCUT2D eigenvalue weighted by Crippen LogP contribution is -2.05. The molecule has 13 rings (SSSR count). The molecule has 0 fully saturated rings. The molecular formula is C71H48N2. The summed E-state index contributed by atoms with van der Waals surface area (Å²) < 4.78 is 0. The molecule has 13 aromatic rings. The molecule has 0 heterocycles. The molecule has 0 aliphatic rings. The van der Waals surface area contributed by atoms with Gasteiger partial charge in [-0.05, 0) is 158 Å². The molecule has 73 heavy (non-hydrogen) atoms. The van der Waals surface area contributed by atoms with Gasteiger partial charge in [-0.1, -0.05) is 237 Å². The highest BCUT2D eigenvalue weighted by Crippen LogP contribution is 2.41. The molecule has 0 aliphatic heterocycles. The lowest BCUT2D eigenvalue weighted by molar-refractivity contribution is 1.44. The maximum absolute atomic E-state index is 5.48. The van der Waals surface area contributed by atoms with E-state index < -0.39 is 0 Å². The van der Waals surface area contributed by atoms with Crippen LogP contribution in [0.25, 0.3) is 115 Å². The largest absolute Gasteiger partial charge is 0.233 e. The minimum atomic E-state index is 0.583. The SMILES string of the molecule is C=C(N=C(N=C(C)c1ccc(-c2ccccc2)cc1)c1cc(-c2ccc3c4ccccc4c4ccccc4c3c2)cc(-c2ccc3c4ccccc4c4ccccc4c3c2)c1)c1ccc(-c2ccccc2)cc1. The molecule has 342 valence electrons. The minimum absolute atomic E-state index is 0.583. The maximum atomic E-state index is 5.48. The molecule has 0 amide bonds. The number of rotatable bonds is 8. The summed E-state index contributed by atoms with van der Waals surface area (Å²) in [6.45, 7) is 6.67. The van der Waals surface area contributed by atoms with Crippen molar-refractivity contribution in [1.82, 2.24) is 0 Å². The van der Waals surface area contributed by atoms with E-state index >= 15 is 0 Å². The van der Waals surface area contributed by atoms with E-state index in [1.54, 1.807) is 0 Å². The predicted octanol–water partition coefficient (Wildman–Crippen LogP) is 19.2. The standard InChI is InChI=1S/C71H48N2/c1-46(48-29-33-52(34-30-48)50-17-5-3-6-18-50)72-71(73-47(2)49-31-35-53(36-32-49)51-19-7-4-8-20-51)58-42-56(54-37-39-67-63-25-11-9-21-59(63)61-23-13-15-27-65(61)69(67)44-54)41-57(43-58)55-38-40-68-64-26-12-10-22-60(64)62-24-14-16-28-66(62)70(68)45-55/h3-45H,1H2,2H3. The number of aliphatic imine (C=N–C) groups is 2. The van der Waals surface area contributed by atoms with Crippen molar-refractivity contribution in [2.45, 2.75) is 6.92 Å². The summed E-state index contributed by atoms with van der Waals surface area (Å²) in [5, 5.41) is 14.9. The highest BCUT2D eigenvalue weighted by Gasteiger charge is 2.17. The fraction of sp³-hybridized carbons (Fsp3) is 0.0141. The number of hydrogen-bond donors (Lipinski definition) is 0. The van der Waals surface area contributed by atoms with Gasteiger partial charge in [0.25, 0.3) is 0 Å². The van der Waals surface area contributed by atoms with Gasteiger partial charge in [0.1, 0.15) is 0 Å². The summed E-state index contributed by atoms with van der Waals surface area (Å²) in [5.41, 5.74) is 13.3. The highest BCUT2D eigenvalue weighted by atomic mass is 14.9. The van der Waals surface area contributed by atoms with Crippen LogP contribution in [0, 0.1) is 0 Å². The Bertz CT molecular complexity index is 4110. The predicted molar refractivity (Wildman–Crippen MR) is 314 cm³/mol. The van der Waals surface area contributed by atoms with Crippen molar-refractivity contribution in [2.75, 3.05) is 0 Å². The second-order valence-corrected chi connectivity index (χ2v) is 19.0. The highest BCUT2D eigenvalue weighted by molar-refractivity contribution is 6.27. The zero-order valence-electron chi connectivity index (χ0n) is 40.4. The normalized spacial score (nSPS) is 12.1. The topological polar surface area (TPSA) is 24.7 Å². The molecule has 0 aliphatic carbocycles. The van der Waals surface area contributed by atoms with Crippen LogP contribution in [0.3, 0.4) is 0 Å². The molecule has 0 unspecified atom stereocenters. The van der Waals surface area contributed by atoms with E-state index in [4.69, 9.17) is 9.98 Å². The first-order valence-corrected chi connectivity index (χ1v) is 25.0. The lowest BCUT2D eigenvalue weighted by atomic mass is 9.89. The third kappa shape index (κ3) is 8.06. The van der Waals surface area contributed by atoms with Gasteiger partial charge in [0.2, 0.25) is 0 Å². The van der Waals surface area contributed by atoms with E-state index in [-0.39, 0.29) is 0 Å². The summed E-state index contributed by atoms with van der Waals surface area (Å²) >= 11 is 0. The van der Waals surface area contributed by atoms with Crippen LogP contribution in [0.5, 0.6) is 0 Å². The monoisotopic (exact) mass is 928 g/mol. The van der Waals surface area contributed by atoms with Crippen molar-refractivity contribution in [1.29, 1.82) is 0 Å². The molecular weight excluding hydrogens is 881 g/mol. The Labute approximate surface area is 425 Å². The summed E-state index contributed by atoms with van der Waals surface area (Å²) in [5.74, 6) is 0.583. The van der Waals surface area contributed by atoms with E-state index in [0.717, 1.165) is 61.3 Å². The van der Waals surface area contributed by atoms with Gasteiger partial charge in [-0.2, -0.15) is 0 Å². The Kier molecular flexibility index (Phi) is 10.9. The van der Waals surface area contributed by atoms with Gasteiger partial charge in [-0.25, -0.2) is 9.98 Å². The van der Waals surface area contributed by atoms with Gasteiger partial charge in [0.15, 0.2) is 5.84 Å². The number of benzene rings is 13. The van der Waals surface area contributed by atoms with E-state index in [0.29, 0.717) is 11.5 Å². The van der Waals surface area contributed by atoms with Crippen LogP contribution in [-0.2, 0) is 0 Å². The Morgan fingerprint density at radius 1 is 0.247 bits per heavy atom. The van der Waals surface area contributed by atoms with Crippen LogP contribution < -0.4 is 0 Å². The number of amidine groups is 1. The fourth-order valence-corrected chi connectivity index (χ4v) is 10.9. The molecule has 0 saturated carbocycles. The molecule has 0 N–H and O–H groups in total. The van der Waals surface area contributed by atoms with E-state index in [1.165, 1.54) is 70.2 Å². The third-order valence-corrected chi connectivity index (χ3v) is 14.6. The van der Waals surface area contributed by atoms with Crippen molar-refractivity contribution in [3.05, 3.63) is 284 Å². The van der Waals surface area contributed by atoms with Crippen molar-refractivity contribution >= 4 is 81.9 Å². The van der Waals surface area contributed by atoms with Crippen molar-refractivity contribution in [3.8, 4) is 44.5 Å². The molecule has 0 spiro atoms. The van der Waals surface area contributed by atoms with E-state index in [1.807, 2.05) is 6.07 Å². The van der Waals surface area contributed by atoms with Gasteiger partial charge >= 0.3 is 0 Å². The second kappa shape index (κ2) is 18.4. The average Bonchev–Trinajstić information content (AvgIpc) is 3.47. The van der Waals surface area contributed by atoms with Gasteiger partial charge < -0.3 is 0 Å². The third-order valence-electron chi connectivity index (χ3n) is 14.6. The van der Waals surface area contributed by atoms with Crippen LogP contribution in [0.1, 0.15) is 23.6 Å². The Balaban J connectivity index is 1.03. The summed E-state index contributed by atoms with van der Waals surface area (Å²) in [6, 6.07) is 94.0. The Morgan fingerprint density at radius 2 is 0.562 bits per heavy atom. The number of nitrogens with zero attached hydrogens (tertiary/aromatic N) is 2. The minimum Gasteiger partial charge on any atom is -0.233 e. The van der Waals surface area contributed by atoms with Crippen molar-refractivity contribution < 1.29 is 0 Å². The van der Waals surface area contributed by atoms with Crippen molar-refractivity contribution in [2.24, 2.45) is 9.98 Å². The smallest absolute Gasteiger partial charge is 0.160 e. The Hall–Kier alpha value is -9.50. The molecule has 0 radical (unpaired) electrons. The van der Waals surface area contributed by atoms with Crippen LogP contribution in [0.15, 0.2) is 277 Å². The summed E-state index contributed by atoms with van der Waals surface area (Å²) in [6.07, 6.45) is 0. The van der Waals surface area contributed by atoms with Gasteiger partial charge in [0.05, 0.1) is 5.70 Å². The van der Waals surface area contributed by atoms with E-state index in [2.05, 4.69) is 268 Å². The van der Waals surface area contributed by atoms with Crippen LogP contribution in [0.2, 0.25) is 0 Å². The Morgan fingerprint density at radius 3 is 0.959 bits per heavy atom. The molecule has 13 aromatic carbocycles. The zero-order chi connectivity index (χ0) is 48.8. The first-order valence-electron chi connectivity index (χ1n) is 25.0. The first-order chi connectivity index (χ1) is 36.0. The number of fused-ring (bicyclic) bond motifs is 12. The molecule has 2 nitrogen and oxygen atoms in total. The van der Waals surface area contributed by atoms with Crippen molar-refractivity contribution in [3.63, 3.8) is 0 Å². The van der Waals surface area contributed by atoms with Crippen LogP contribution in [-0.4, -0.2) is 11.5 Å². The number of hydrogen-bond acceptors (Lipinski definition) is 1. The van der Waals surface area contributed by atoms with Gasteiger partial charge in [-0.3, -0.25) is 0 Å². The molecule has 0 atom stereocenters. The van der Waals surface area contributed by atoms with Crippen LogP contribution in [0.4, 0.5) is 0 Å². The van der Waals surface area contributed by atoms with Crippen LogP contribution >= 0.6 is 0 Å². The second-order valence-electron chi connectivity index (χ2n) is 19.0. The quantitative estimate of drug-likeness (QED) is 0.0824. The molecule has 0 aromatic heterocycles. The first kappa shape index (κ1) is 43.5. The van der Waals surface area contributed by atoms with E-state index in [9.17, 15) is 0 Å². The molecule has 0 bridgehead atoms. The summed E-state index contributed by atoms with van der Waals surface area (Å²) in [4.78, 5) is 10.9. The lowest BCUT2D eigenvalue weighted by Gasteiger charge is -2.16. The molecule has 2 heteroatoms. The van der Waals surface area contributed by atoms with Gasteiger partial charge in [0, 0.05) is 11.3 Å².